The summed E-state index contributed by atoms with van der Waals surface area (Å²) in [5.41, 5.74) is 0.715. The molecule has 0 radical (unpaired) electrons. The number of hydrogen-bond donors (Lipinski definition) is 1. The average molecular weight is 326 g/mol. The molecular formula is C14H16ClN3O4. The summed E-state index contributed by atoms with van der Waals surface area (Å²) < 4.78 is 6.86. The Morgan fingerprint density at radius 2 is 2.05 bits per heavy atom. The lowest BCUT2D eigenvalue weighted by molar-refractivity contribution is -0.386. The van der Waals surface area contributed by atoms with Crippen LogP contribution in [0.1, 0.15) is 11.4 Å². The zero-order valence-corrected chi connectivity index (χ0v) is 12.9. The van der Waals surface area contributed by atoms with E-state index in [9.17, 15) is 15.2 Å². The highest BCUT2D eigenvalue weighted by atomic mass is 35.5. The normalized spacial score (nSPS) is 12.2. The lowest BCUT2D eigenvalue weighted by atomic mass is 10.3. The number of aliphatic hydroxyl groups excluding tert-OH is 1. The quantitative estimate of drug-likeness (QED) is 0.651. The number of benzene rings is 1. The summed E-state index contributed by atoms with van der Waals surface area (Å²) in [5.74, 6) is 0.586. The van der Waals surface area contributed by atoms with Crippen molar-refractivity contribution in [3.63, 3.8) is 0 Å². The van der Waals surface area contributed by atoms with Crippen LogP contribution in [0.2, 0.25) is 5.02 Å². The van der Waals surface area contributed by atoms with E-state index in [-0.39, 0.29) is 18.8 Å². The van der Waals surface area contributed by atoms with Crippen LogP contribution in [-0.2, 0) is 6.54 Å². The second-order valence-electron chi connectivity index (χ2n) is 4.88. The van der Waals surface area contributed by atoms with Gasteiger partial charge in [0.2, 0.25) is 0 Å². The molecule has 1 aromatic heterocycles. The predicted octanol–water partition coefficient (Wildman–Crippen LogP) is 2.50. The fourth-order valence-electron chi connectivity index (χ4n) is 2.11. The first kappa shape index (κ1) is 16.3. The van der Waals surface area contributed by atoms with Crippen LogP contribution < -0.4 is 4.74 Å². The summed E-state index contributed by atoms with van der Waals surface area (Å²) in [6.07, 6.45) is -0.840. The van der Waals surface area contributed by atoms with Crippen molar-refractivity contribution < 1.29 is 14.8 Å². The fraction of sp³-hybridized carbons (Fsp3) is 0.357. The van der Waals surface area contributed by atoms with Crippen LogP contribution in [0.4, 0.5) is 5.69 Å². The summed E-state index contributed by atoms with van der Waals surface area (Å²) >= 11 is 5.77. The third kappa shape index (κ3) is 3.75. The Balaban J connectivity index is 1.97. The molecule has 7 nitrogen and oxygen atoms in total. The Morgan fingerprint density at radius 3 is 2.59 bits per heavy atom. The van der Waals surface area contributed by atoms with Gasteiger partial charge >= 0.3 is 5.69 Å². The van der Waals surface area contributed by atoms with Gasteiger partial charge in [-0.1, -0.05) is 11.6 Å². The molecule has 0 aliphatic heterocycles. The van der Waals surface area contributed by atoms with Crippen molar-refractivity contribution in [1.82, 2.24) is 9.78 Å². The predicted molar refractivity (Wildman–Crippen MR) is 81.3 cm³/mol. The van der Waals surface area contributed by atoms with Crippen molar-refractivity contribution in [1.29, 1.82) is 0 Å². The SMILES string of the molecule is Cc1nn(CC(O)COc2ccc(Cl)cc2)c(C)c1[N+](=O)[O-]. The Morgan fingerprint density at radius 1 is 1.41 bits per heavy atom. The molecular weight excluding hydrogens is 310 g/mol. The zero-order chi connectivity index (χ0) is 16.3. The van der Waals surface area contributed by atoms with Crippen molar-refractivity contribution in [2.24, 2.45) is 0 Å². The summed E-state index contributed by atoms with van der Waals surface area (Å²) in [6.45, 7) is 3.34. The van der Waals surface area contributed by atoms with Crippen molar-refractivity contribution in [3.05, 3.63) is 50.8 Å². The molecule has 1 aromatic carbocycles. The van der Waals surface area contributed by atoms with Crippen LogP contribution in [-0.4, -0.2) is 32.5 Å². The van der Waals surface area contributed by atoms with Gasteiger partial charge in [-0.3, -0.25) is 14.8 Å². The molecule has 0 saturated carbocycles. The maximum atomic E-state index is 10.9. The molecule has 0 amide bonds. The van der Waals surface area contributed by atoms with Gasteiger partial charge in [0.25, 0.3) is 0 Å². The first-order chi connectivity index (χ1) is 10.4. The number of halogens is 1. The number of nitrogens with zero attached hydrogens (tertiary/aromatic N) is 3. The maximum Gasteiger partial charge on any atom is 0.312 e. The molecule has 0 aliphatic rings. The summed E-state index contributed by atoms with van der Waals surface area (Å²) in [7, 11) is 0. The minimum absolute atomic E-state index is 0.0224. The average Bonchev–Trinajstić information content (AvgIpc) is 2.72. The van der Waals surface area contributed by atoms with Crippen LogP contribution in [0.3, 0.4) is 0 Å². The number of nitro groups is 1. The van der Waals surface area contributed by atoms with Gasteiger partial charge in [0, 0.05) is 5.02 Å². The Labute approximate surface area is 132 Å². The van der Waals surface area contributed by atoms with E-state index in [1.807, 2.05) is 0 Å². The standard InChI is InChI=1S/C14H16ClN3O4/c1-9-14(18(20)21)10(2)17(16-9)7-12(19)8-22-13-5-3-11(15)4-6-13/h3-6,12,19H,7-8H2,1-2H3. The molecule has 1 unspecified atom stereocenters. The first-order valence-corrected chi connectivity index (χ1v) is 7.01. The van der Waals surface area contributed by atoms with Crippen LogP contribution >= 0.6 is 11.6 Å². The second kappa shape index (κ2) is 6.76. The van der Waals surface area contributed by atoms with E-state index in [0.29, 0.717) is 22.2 Å². The number of rotatable bonds is 6. The van der Waals surface area contributed by atoms with Crippen molar-refractivity contribution in [3.8, 4) is 5.75 Å². The fourth-order valence-corrected chi connectivity index (χ4v) is 2.23. The number of aromatic nitrogens is 2. The highest BCUT2D eigenvalue weighted by molar-refractivity contribution is 6.30. The molecule has 1 N–H and O–H groups in total. The van der Waals surface area contributed by atoms with Gasteiger partial charge in [-0.2, -0.15) is 5.10 Å². The third-order valence-electron chi connectivity index (χ3n) is 3.17. The van der Waals surface area contributed by atoms with Gasteiger partial charge in [0.05, 0.1) is 11.5 Å². The monoisotopic (exact) mass is 325 g/mol. The van der Waals surface area contributed by atoms with Gasteiger partial charge < -0.3 is 9.84 Å². The molecule has 2 aromatic rings. The summed E-state index contributed by atoms with van der Waals surface area (Å²) in [6, 6.07) is 6.77. The highest BCUT2D eigenvalue weighted by Crippen LogP contribution is 2.22. The van der Waals surface area contributed by atoms with Gasteiger partial charge in [0.15, 0.2) is 0 Å². The highest BCUT2D eigenvalue weighted by Gasteiger charge is 2.22. The molecule has 118 valence electrons. The maximum absolute atomic E-state index is 10.9. The Hall–Kier alpha value is -2.12. The van der Waals surface area contributed by atoms with E-state index in [0.717, 1.165) is 0 Å². The minimum atomic E-state index is -0.840. The van der Waals surface area contributed by atoms with Gasteiger partial charge in [0.1, 0.15) is 29.8 Å². The van der Waals surface area contributed by atoms with Crippen LogP contribution in [0, 0.1) is 24.0 Å². The smallest absolute Gasteiger partial charge is 0.312 e. The van der Waals surface area contributed by atoms with Crippen LogP contribution in [0.25, 0.3) is 0 Å². The molecule has 2 rings (SSSR count). The lowest BCUT2D eigenvalue weighted by Crippen LogP contribution is -2.24. The lowest BCUT2D eigenvalue weighted by Gasteiger charge is -2.13. The third-order valence-corrected chi connectivity index (χ3v) is 3.42. The Bertz CT molecular complexity index is 669. The topological polar surface area (TPSA) is 90.4 Å². The van der Waals surface area contributed by atoms with Crippen molar-refractivity contribution in [2.75, 3.05) is 6.61 Å². The van der Waals surface area contributed by atoms with Crippen LogP contribution in [0.5, 0.6) is 5.75 Å². The van der Waals surface area contributed by atoms with E-state index >= 15 is 0 Å². The molecule has 0 aliphatic carbocycles. The van der Waals surface area contributed by atoms with Crippen molar-refractivity contribution in [2.45, 2.75) is 26.5 Å². The summed E-state index contributed by atoms with van der Waals surface area (Å²) in [5, 5.41) is 25.6. The van der Waals surface area contributed by atoms with Crippen LogP contribution in [0.15, 0.2) is 24.3 Å². The van der Waals surface area contributed by atoms with E-state index in [2.05, 4.69) is 5.10 Å². The first-order valence-electron chi connectivity index (χ1n) is 6.63. The molecule has 1 atom stereocenters. The van der Waals surface area contributed by atoms with Gasteiger partial charge in [-0.15, -0.1) is 0 Å². The molecule has 8 heteroatoms. The number of aryl methyl sites for hydroxylation is 1. The molecule has 0 fully saturated rings. The molecule has 22 heavy (non-hydrogen) atoms. The molecule has 1 heterocycles. The van der Waals surface area contributed by atoms with E-state index < -0.39 is 11.0 Å². The van der Waals surface area contributed by atoms with Gasteiger partial charge in [-0.05, 0) is 38.1 Å². The Kier molecular flexibility index (Phi) is 4.99. The number of hydrogen-bond acceptors (Lipinski definition) is 5. The second-order valence-corrected chi connectivity index (χ2v) is 5.31. The number of ether oxygens (including phenoxy) is 1. The molecule has 0 saturated heterocycles. The minimum Gasteiger partial charge on any atom is -0.491 e. The van der Waals surface area contributed by atoms with E-state index in [1.165, 1.54) is 4.68 Å². The number of aliphatic hydroxyl groups is 1. The van der Waals surface area contributed by atoms with E-state index in [1.54, 1.807) is 38.1 Å². The molecule has 0 spiro atoms. The molecule has 0 bridgehead atoms. The van der Waals surface area contributed by atoms with E-state index in [4.69, 9.17) is 16.3 Å². The van der Waals surface area contributed by atoms with Gasteiger partial charge in [-0.25, -0.2) is 0 Å². The zero-order valence-electron chi connectivity index (χ0n) is 12.2. The van der Waals surface area contributed by atoms with Crippen molar-refractivity contribution >= 4 is 17.3 Å². The largest absolute Gasteiger partial charge is 0.491 e. The summed E-state index contributed by atoms with van der Waals surface area (Å²) in [4.78, 5) is 10.5.